The number of fused-ring (bicyclic) bond motifs is 1. The standard InChI is InChI=1S/C16H21F2NO/c1-9(2)7-11-14(8-19-10(3)4)20-16-13(18)6-5-12(17)15(11)16/h5-6,9-10,19H,7-8H2,1-4H3. The predicted octanol–water partition coefficient (Wildman–Crippen LogP) is 4.41. The summed E-state index contributed by atoms with van der Waals surface area (Å²) >= 11 is 0. The minimum absolute atomic E-state index is 0.0289. The van der Waals surface area contributed by atoms with Crippen molar-refractivity contribution in [3.63, 3.8) is 0 Å². The van der Waals surface area contributed by atoms with E-state index in [0.717, 1.165) is 17.7 Å². The van der Waals surface area contributed by atoms with Crippen LogP contribution in [0.5, 0.6) is 0 Å². The Labute approximate surface area is 118 Å². The van der Waals surface area contributed by atoms with Gasteiger partial charge in [0.15, 0.2) is 11.4 Å². The Morgan fingerprint density at radius 2 is 1.75 bits per heavy atom. The number of rotatable bonds is 5. The Morgan fingerprint density at radius 3 is 2.35 bits per heavy atom. The fourth-order valence-corrected chi connectivity index (χ4v) is 2.30. The van der Waals surface area contributed by atoms with E-state index in [9.17, 15) is 8.78 Å². The summed E-state index contributed by atoms with van der Waals surface area (Å²) in [5, 5.41) is 3.53. The summed E-state index contributed by atoms with van der Waals surface area (Å²) in [6.07, 6.45) is 0.669. The van der Waals surface area contributed by atoms with Gasteiger partial charge in [0.1, 0.15) is 11.6 Å². The Kier molecular flexibility index (Phi) is 4.43. The van der Waals surface area contributed by atoms with E-state index in [1.54, 1.807) is 0 Å². The fraction of sp³-hybridized carbons (Fsp3) is 0.500. The van der Waals surface area contributed by atoms with Gasteiger partial charge in [0.2, 0.25) is 0 Å². The van der Waals surface area contributed by atoms with Gasteiger partial charge in [-0.15, -0.1) is 0 Å². The third-order valence-corrected chi connectivity index (χ3v) is 3.21. The monoisotopic (exact) mass is 281 g/mol. The summed E-state index contributed by atoms with van der Waals surface area (Å²) in [5.41, 5.74) is 0.807. The lowest BCUT2D eigenvalue weighted by Gasteiger charge is -2.09. The highest BCUT2D eigenvalue weighted by molar-refractivity contribution is 5.83. The lowest BCUT2D eigenvalue weighted by atomic mass is 9.99. The van der Waals surface area contributed by atoms with Crippen molar-refractivity contribution in [3.05, 3.63) is 35.1 Å². The highest BCUT2D eigenvalue weighted by Gasteiger charge is 2.21. The van der Waals surface area contributed by atoms with Crippen molar-refractivity contribution in [2.24, 2.45) is 5.92 Å². The molecule has 0 saturated heterocycles. The molecule has 110 valence electrons. The molecule has 1 heterocycles. The molecule has 0 bridgehead atoms. The molecule has 0 saturated carbocycles. The SMILES string of the molecule is CC(C)Cc1c(CNC(C)C)oc2c(F)ccc(F)c12. The van der Waals surface area contributed by atoms with E-state index in [1.807, 2.05) is 13.8 Å². The van der Waals surface area contributed by atoms with Crippen molar-refractivity contribution in [2.75, 3.05) is 0 Å². The van der Waals surface area contributed by atoms with E-state index in [0.29, 0.717) is 30.0 Å². The summed E-state index contributed by atoms with van der Waals surface area (Å²) in [6.45, 7) is 8.62. The zero-order valence-corrected chi connectivity index (χ0v) is 12.4. The van der Waals surface area contributed by atoms with E-state index in [2.05, 4.69) is 19.2 Å². The van der Waals surface area contributed by atoms with Gasteiger partial charge < -0.3 is 9.73 Å². The van der Waals surface area contributed by atoms with Crippen molar-refractivity contribution in [1.29, 1.82) is 0 Å². The van der Waals surface area contributed by atoms with Gasteiger partial charge in [0.05, 0.1) is 11.9 Å². The Balaban J connectivity index is 2.54. The predicted molar refractivity (Wildman–Crippen MR) is 76.6 cm³/mol. The smallest absolute Gasteiger partial charge is 0.173 e. The zero-order chi connectivity index (χ0) is 14.9. The van der Waals surface area contributed by atoms with E-state index in [1.165, 1.54) is 0 Å². The summed E-state index contributed by atoms with van der Waals surface area (Å²) in [5.74, 6) is 0.0430. The lowest BCUT2D eigenvalue weighted by molar-refractivity contribution is 0.468. The fourth-order valence-electron chi connectivity index (χ4n) is 2.30. The highest BCUT2D eigenvalue weighted by atomic mass is 19.1. The third-order valence-electron chi connectivity index (χ3n) is 3.21. The van der Waals surface area contributed by atoms with Gasteiger partial charge in [-0.2, -0.15) is 0 Å². The molecule has 2 aromatic rings. The molecule has 1 N–H and O–H groups in total. The second kappa shape index (κ2) is 5.92. The molecule has 2 rings (SSSR count). The molecule has 20 heavy (non-hydrogen) atoms. The largest absolute Gasteiger partial charge is 0.456 e. The first-order valence-corrected chi connectivity index (χ1v) is 7.01. The van der Waals surface area contributed by atoms with Crippen LogP contribution in [0.4, 0.5) is 8.78 Å². The highest BCUT2D eigenvalue weighted by Crippen LogP contribution is 2.32. The van der Waals surface area contributed by atoms with Gasteiger partial charge in [-0.3, -0.25) is 0 Å². The molecule has 0 fully saturated rings. The lowest BCUT2D eigenvalue weighted by Crippen LogP contribution is -2.22. The average Bonchev–Trinajstić information content (AvgIpc) is 2.71. The molecule has 0 unspecified atom stereocenters. The molecule has 1 aromatic heterocycles. The molecule has 4 heteroatoms. The quantitative estimate of drug-likeness (QED) is 0.878. The van der Waals surface area contributed by atoms with Crippen LogP contribution in [0.3, 0.4) is 0 Å². The molecule has 0 amide bonds. The van der Waals surface area contributed by atoms with E-state index < -0.39 is 11.6 Å². The zero-order valence-electron chi connectivity index (χ0n) is 12.4. The van der Waals surface area contributed by atoms with Gasteiger partial charge in [-0.1, -0.05) is 27.7 Å². The number of hydrogen-bond donors (Lipinski definition) is 1. The van der Waals surface area contributed by atoms with Crippen LogP contribution in [0.2, 0.25) is 0 Å². The van der Waals surface area contributed by atoms with Gasteiger partial charge in [0.25, 0.3) is 0 Å². The molecule has 2 nitrogen and oxygen atoms in total. The van der Waals surface area contributed by atoms with Gasteiger partial charge in [0, 0.05) is 11.6 Å². The molecular formula is C16H21F2NO. The molecule has 0 spiro atoms. The molecule has 0 atom stereocenters. The first-order valence-electron chi connectivity index (χ1n) is 7.01. The summed E-state index contributed by atoms with van der Waals surface area (Å²) in [6, 6.07) is 2.56. The molecule has 0 aliphatic carbocycles. The van der Waals surface area contributed by atoms with Crippen LogP contribution >= 0.6 is 0 Å². The Bertz CT molecular complexity index is 602. The maximum Gasteiger partial charge on any atom is 0.173 e. The van der Waals surface area contributed by atoms with Crippen LogP contribution < -0.4 is 5.32 Å². The first-order chi connectivity index (χ1) is 9.40. The molecular weight excluding hydrogens is 260 g/mol. The second-order valence-electron chi connectivity index (χ2n) is 5.87. The average molecular weight is 281 g/mol. The minimum Gasteiger partial charge on any atom is -0.456 e. The Hall–Kier alpha value is -1.42. The topological polar surface area (TPSA) is 25.2 Å². The third kappa shape index (κ3) is 3.01. The van der Waals surface area contributed by atoms with Crippen LogP contribution in [0, 0.1) is 17.6 Å². The number of hydrogen-bond acceptors (Lipinski definition) is 2. The minimum atomic E-state index is -0.512. The van der Waals surface area contributed by atoms with Crippen LogP contribution in [0.1, 0.15) is 39.0 Å². The van der Waals surface area contributed by atoms with Crippen LogP contribution in [0.15, 0.2) is 16.5 Å². The normalized spacial score (nSPS) is 12.0. The van der Waals surface area contributed by atoms with Crippen molar-refractivity contribution < 1.29 is 13.2 Å². The van der Waals surface area contributed by atoms with Crippen molar-refractivity contribution in [2.45, 2.75) is 46.7 Å². The van der Waals surface area contributed by atoms with Gasteiger partial charge >= 0.3 is 0 Å². The maximum atomic E-state index is 14.0. The number of halogens is 2. The van der Waals surface area contributed by atoms with Gasteiger partial charge in [-0.05, 0) is 24.5 Å². The van der Waals surface area contributed by atoms with E-state index in [4.69, 9.17) is 4.42 Å². The summed E-state index contributed by atoms with van der Waals surface area (Å²) < 4.78 is 33.4. The number of benzene rings is 1. The number of furan rings is 1. The van der Waals surface area contributed by atoms with E-state index in [-0.39, 0.29) is 11.6 Å². The van der Waals surface area contributed by atoms with Crippen molar-refractivity contribution in [3.8, 4) is 0 Å². The van der Waals surface area contributed by atoms with Crippen molar-refractivity contribution >= 4 is 11.0 Å². The molecule has 0 aliphatic heterocycles. The molecule has 0 aliphatic rings. The maximum absolute atomic E-state index is 14.0. The Morgan fingerprint density at radius 1 is 1.10 bits per heavy atom. The van der Waals surface area contributed by atoms with Gasteiger partial charge in [-0.25, -0.2) is 8.78 Å². The summed E-state index contributed by atoms with van der Waals surface area (Å²) in [4.78, 5) is 0. The molecule has 0 radical (unpaired) electrons. The first kappa shape index (κ1) is 15.0. The summed E-state index contributed by atoms with van der Waals surface area (Å²) in [7, 11) is 0. The van der Waals surface area contributed by atoms with Crippen LogP contribution in [0.25, 0.3) is 11.0 Å². The number of nitrogens with one attached hydrogen (secondary N) is 1. The van der Waals surface area contributed by atoms with E-state index >= 15 is 0 Å². The molecule has 1 aromatic carbocycles. The van der Waals surface area contributed by atoms with Crippen LogP contribution in [-0.4, -0.2) is 6.04 Å². The van der Waals surface area contributed by atoms with Crippen molar-refractivity contribution in [1.82, 2.24) is 5.32 Å². The van der Waals surface area contributed by atoms with Crippen LogP contribution in [-0.2, 0) is 13.0 Å². The second-order valence-corrected chi connectivity index (χ2v) is 5.87.